The molecule has 1 atom stereocenters. The number of para-hydroxylation sites is 1. The van der Waals surface area contributed by atoms with Crippen LogP contribution in [-0.2, 0) is 10.8 Å². The summed E-state index contributed by atoms with van der Waals surface area (Å²) < 4.78 is 0. The number of hydrogen-bond acceptors (Lipinski definition) is 1. The maximum absolute atomic E-state index is 4.25. The van der Waals surface area contributed by atoms with Gasteiger partial charge in [0.2, 0.25) is 0 Å². The normalized spacial score (nSPS) is 18.1. The molecule has 0 aromatic heterocycles. The molecule has 3 aliphatic carbocycles. The van der Waals surface area contributed by atoms with Crippen LogP contribution in [0.5, 0.6) is 0 Å². The van der Waals surface area contributed by atoms with Gasteiger partial charge in [-0.15, -0.1) is 0 Å². The van der Waals surface area contributed by atoms with Crippen LogP contribution in [0.3, 0.4) is 0 Å². The van der Waals surface area contributed by atoms with E-state index in [9.17, 15) is 0 Å². The second-order valence-corrected chi connectivity index (χ2v) is 15.2. The summed E-state index contributed by atoms with van der Waals surface area (Å²) in [5.74, 6) is 0. The van der Waals surface area contributed by atoms with E-state index in [0.29, 0.717) is 0 Å². The first-order valence-electron chi connectivity index (χ1n) is 19.5. The Kier molecular flexibility index (Phi) is 9.06. The fraction of sp³-hybridized carbons (Fsp3) is 0.148. The third-order valence-corrected chi connectivity index (χ3v) is 12.1. The molecular formula is C54H49N. The van der Waals surface area contributed by atoms with Crippen LogP contribution in [0.1, 0.15) is 80.5 Å². The monoisotopic (exact) mass is 711 g/mol. The molecule has 0 radical (unpaired) electrons. The standard InChI is InChI=1S/C54H49N/c1-9-14-23-37(12-4)42-25-17-20-29-52(42)55(38-30-32-44-40(13-5)47(22-11-3)53(7,8)50(44)34-38)39-31-33-45-43-26-16-19-28-49(43)54(51(45)35-39)46(21-10-2)36(6)41-24-15-18-27-48(41)54/h9-35H,1,5H2,2-4,6-8H3/b21-10-,22-11-,23-14-,37-12+. The largest absolute Gasteiger partial charge is 0.310 e. The molecule has 0 fully saturated rings. The summed E-state index contributed by atoms with van der Waals surface area (Å²) in [6.07, 6.45) is 19.2. The van der Waals surface area contributed by atoms with Gasteiger partial charge >= 0.3 is 0 Å². The molecule has 0 heterocycles. The fourth-order valence-corrected chi connectivity index (χ4v) is 9.70. The van der Waals surface area contributed by atoms with Crippen molar-refractivity contribution in [2.75, 3.05) is 4.90 Å². The molecule has 1 heteroatoms. The minimum atomic E-state index is -0.439. The van der Waals surface area contributed by atoms with Crippen molar-refractivity contribution in [3.8, 4) is 11.1 Å². The summed E-state index contributed by atoms with van der Waals surface area (Å²) in [7, 11) is 0. The van der Waals surface area contributed by atoms with Crippen molar-refractivity contribution in [3.05, 3.63) is 227 Å². The number of hydrogen-bond donors (Lipinski definition) is 0. The van der Waals surface area contributed by atoms with Gasteiger partial charge in [0, 0.05) is 22.4 Å². The predicted molar refractivity (Wildman–Crippen MR) is 238 cm³/mol. The summed E-state index contributed by atoms with van der Waals surface area (Å²) in [6, 6.07) is 41.0. The van der Waals surface area contributed by atoms with Gasteiger partial charge in [-0.05, 0) is 130 Å². The van der Waals surface area contributed by atoms with Crippen LogP contribution in [0.25, 0.3) is 27.8 Å². The Balaban J connectivity index is 1.44. The first-order chi connectivity index (χ1) is 26.8. The molecule has 3 aliphatic rings. The molecule has 1 spiro atoms. The number of fused-ring (bicyclic) bond motifs is 8. The van der Waals surface area contributed by atoms with Crippen LogP contribution in [0, 0.1) is 0 Å². The van der Waals surface area contributed by atoms with E-state index in [4.69, 9.17) is 0 Å². The average Bonchev–Trinajstić information content (AvgIpc) is 3.73. The predicted octanol–water partition coefficient (Wildman–Crippen LogP) is 14.8. The summed E-state index contributed by atoms with van der Waals surface area (Å²) >= 11 is 0. The van der Waals surface area contributed by atoms with Gasteiger partial charge in [-0.25, -0.2) is 0 Å². The van der Waals surface area contributed by atoms with E-state index in [1.807, 2.05) is 18.2 Å². The Bertz CT molecular complexity index is 2590. The molecule has 0 N–H and O–H groups in total. The van der Waals surface area contributed by atoms with E-state index in [-0.39, 0.29) is 5.41 Å². The molecule has 0 saturated carbocycles. The Morgan fingerprint density at radius 3 is 1.87 bits per heavy atom. The number of nitrogens with zero attached hydrogens (tertiary/aromatic N) is 1. The van der Waals surface area contributed by atoms with Gasteiger partial charge in [0.25, 0.3) is 0 Å². The topological polar surface area (TPSA) is 3.24 Å². The molecule has 8 rings (SSSR count). The summed E-state index contributed by atoms with van der Waals surface area (Å²) in [6.45, 7) is 21.5. The lowest BCUT2D eigenvalue weighted by Crippen LogP contribution is -2.27. The molecule has 270 valence electrons. The van der Waals surface area contributed by atoms with Crippen molar-refractivity contribution >= 4 is 33.8 Å². The minimum Gasteiger partial charge on any atom is -0.310 e. The lowest BCUT2D eigenvalue weighted by Gasteiger charge is -2.34. The molecule has 5 aromatic rings. The first kappa shape index (κ1) is 35.8. The van der Waals surface area contributed by atoms with E-state index in [2.05, 4.69) is 205 Å². The van der Waals surface area contributed by atoms with Crippen molar-refractivity contribution in [1.82, 2.24) is 0 Å². The lowest BCUT2D eigenvalue weighted by atomic mass is 9.69. The second-order valence-electron chi connectivity index (χ2n) is 15.2. The van der Waals surface area contributed by atoms with Crippen LogP contribution < -0.4 is 4.90 Å². The van der Waals surface area contributed by atoms with Crippen molar-refractivity contribution in [2.24, 2.45) is 0 Å². The number of anilines is 3. The summed E-state index contributed by atoms with van der Waals surface area (Å²) in [5.41, 5.74) is 20.6. The van der Waals surface area contributed by atoms with Crippen LogP contribution in [0.15, 0.2) is 188 Å². The Hall–Kier alpha value is -6.18. The Morgan fingerprint density at radius 2 is 1.20 bits per heavy atom. The third kappa shape index (κ3) is 5.21. The highest BCUT2D eigenvalue weighted by atomic mass is 15.1. The van der Waals surface area contributed by atoms with Gasteiger partial charge < -0.3 is 4.90 Å². The van der Waals surface area contributed by atoms with Crippen LogP contribution in [0.2, 0.25) is 0 Å². The molecule has 55 heavy (non-hydrogen) atoms. The molecular weight excluding hydrogens is 663 g/mol. The van der Waals surface area contributed by atoms with Crippen molar-refractivity contribution < 1.29 is 0 Å². The van der Waals surface area contributed by atoms with Gasteiger partial charge in [-0.1, -0.05) is 161 Å². The van der Waals surface area contributed by atoms with Crippen molar-refractivity contribution in [2.45, 2.75) is 52.4 Å². The maximum Gasteiger partial charge on any atom is 0.0722 e. The van der Waals surface area contributed by atoms with Gasteiger partial charge in [0.05, 0.1) is 11.1 Å². The summed E-state index contributed by atoms with van der Waals surface area (Å²) in [5, 5.41) is 0. The van der Waals surface area contributed by atoms with Gasteiger partial charge in [0.1, 0.15) is 0 Å². The van der Waals surface area contributed by atoms with Crippen molar-refractivity contribution in [1.29, 1.82) is 0 Å². The van der Waals surface area contributed by atoms with E-state index >= 15 is 0 Å². The Labute approximate surface area is 328 Å². The van der Waals surface area contributed by atoms with E-state index < -0.39 is 5.41 Å². The zero-order chi connectivity index (χ0) is 38.5. The summed E-state index contributed by atoms with van der Waals surface area (Å²) in [4.78, 5) is 2.47. The zero-order valence-electron chi connectivity index (χ0n) is 32.9. The van der Waals surface area contributed by atoms with Gasteiger partial charge in [-0.2, -0.15) is 0 Å². The number of benzene rings is 5. The van der Waals surface area contributed by atoms with Crippen LogP contribution in [-0.4, -0.2) is 0 Å². The van der Waals surface area contributed by atoms with Crippen LogP contribution >= 0.6 is 0 Å². The molecule has 0 saturated heterocycles. The van der Waals surface area contributed by atoms with E-state index in [0.717, 1.165) is 28.2 Å². The second kappa shape index (κ2) is 13.9. The van der Waals surface area contributed by atoms with Gasteiger partial charge in [-0.3, -0.25) is 0 Å². The highest BCUT2D eigenvalue weighted by molar-refractivity contribution is 5.98. The van der Waals surface area contributed by atoms with Crippen LogP contribution in [0.4, 0.5) is 17.1 Å². The Morgan fingerprint density at radius 1 is 0.618 bits per heavy atom. The third-order valence-electron chi connectivity index (χ3n) is 12.1. The number of allylic oxidation sites excluding steroid dienone is 14. The smallest absolute Gasteiger partial charge is 0.0722 e. The highest BCUT2D eigenvalue weighted by Crippen LogP contribution is 2.63. The van der Waals surface area contributed by atoms with E-state index in [1.54, 1.807) is 0 Å². The molecule has 0 aliphatic heterocycles. The molecule has 0 amide bonds. The lowest BCUT2D eigenvalue weighted by molar-refractivity contribution is 0.654. The van der Waals surface area contributed by atoms with Gasteiger partial charge in [0.15, 0.2) is 0 Å². The van der Waals surface area contributed by atoms with E-state index in [1.165, 1.54) is 66.8 Å². The average molecular weight is 712 g/mol. The minimum absolute atomic E-state index is 0.200. The molecule has 5 aromatic carbocycles. The molecule has 0 bridgehead atoms. The SMILES string of the molecule is C=C/C=C\C(=C/C)c1ccccc1N(c1ccc2c(c1)C(C)(C)C(/C=C\C)=C2C=C)c1ccc2c(c1)C1(C(/C=C\C)=C(C)c3ccccc31)c1ccccc1-2. The molecule has 1 nitrogen and oxygen atoms in total. The fourth-order valence-electron chi connectivity index (χ4n) is 9.70. The zero-order valence-corrected chi connectivity index (χ0v) is 32.9. The molecule has 1 unspecified atom stereocenters. The first-order valence-corrected chi connectivity index (χ1v) is 19.5. The van der Waals surface area contributed by atoms with Crippen molar-refractivity contribution in [3.63, 3.8) is 0 Å². The quantitative estimate of drug-likeness (QED) is 0.138. The number of rotatable bonds is 9. The highest BCUT2D eigenvalue weighted by Gasteiger charge is 2.51. The maximum atomic E-state index is 4.25.